The second-order valence-corrected chi connectivity index (χ2v) is 8.57. The topological polar surface area (TPSA) is 78.7 Å². The molecule has 2 saturated heterocycles. The first-order chi connectivity index (χ1) is 10.8. The zero-order chi connectivity index (χ0) is 16.8. The van der Waals surface area contributed by atoms with Crippen molar-refractivity contribution >= 4 is 10.0 Å². The minimum Gasteiger partial charge on any atom is -0.392 e. The Kier molecular flexibility index (Phi) is 4.52. The summed E-state index contributed by atoms with van der Waals surface area (Å²) >= 11 is 0. The Balaban J connectivity index is 1.71. The van der Waals surface area contributed by atoms with Gasteiger partial charge in [0.1, 0.15) is 4.90 Å². The van der Waals surface area contributed by atoms with E-state index in [0.29, 0.717) is 35.4 Å². The van der Waals surface area contributed by atoms with Crippen molar-refractivity contribution in [2.24, 2.45) is 7.05 Å². The molecule has 8 heteroatoms. The number of aliphatic hydroxyl groups is 1. The van der Waals surface area contributed by atoms with E-state index in [-0.39, 0.29) is 6.10 Å². The first-order valence-electron chi connectivity index (χ1n) is 8.23. The molecule has 2 aliphatic heterocycles. The third kappa shape index (κ3) is 3.05. The van der Waals surface area contributed by atoms with Crippen LogP contribution in [0, 0.1) is 13.8 Å². The predicted octanol–water partition coefficient (Wildman–Crippen LogP) is 0.257. The number of hydrogen-bond donors (Lipinski definition) is 1. The van der Waals surface area contributed by atoms with Crippen molar-refractivity contribution in [2.75, 3.05) is 26.2 Å². The maximum absolute atomic E-state index is 12.9. The molecule has 0 spiro atoms. The van der Waals surface area contributed by atoms with E-state index in [4.69, 9.17) is 0 Å². The van der Waals surface area contributed by atoms with Gasteiger partial charge in [-0.2, -0.15) is 9.40 Å². The Morgan fingerprint density at radius 2 is 1.78 bits per heavy atom. The number of likely N-dealkylation sites (tertiary alicyclic amines) is 1. The fraction of sp³-hybridized carbons (Fsp3) is 0.800. The van der Waals surface area contributed by atoms with E-state index in [0.717, 1.165) is 32.4 Å². The van der Waals surface area contributed by atoms with Crippen molar-refractivity contribution in [3.63, 3.8) is 0 Å². The maximum Gasteiger partial charge on any atom is 0.246 e. The molecule has 2 fully saturated rings. The highest BCUT2D eigenvalue weighted by molar-refractivity contribution is 7.89. The lowest BCUT2D eigenvalue weighted by Gasteiger charge is -2.36. The van der Waals surface area contributed by atoms with Gasteiger partial charge in [-0.3, -0.25) is 9.58 Å². The molecule has 0 radical (unpaired) electrons. The second-order valence-electron chi connectivity index (χ2n) is 6.70. The standard InChI is InChI=1S/C15H26N4O3S/c1-11-15(12(2)17(3)16-11)23(21,22)19-8-4-13(5-9-19)18-7-6-14(20)10-18/h13-14,20H,4-10H2,1-3H3/t14-/m1/s1. The summed E-state index contributed by atoms with van der Waals surface area (Å²) in [5, 5.41) is 13.9. The molecule has 23 heavy (non-hydrogen) atoms. The van der Waals surface area contributed by atoms with Gasteiger partial charge in [0.2, 0.25) is 10.0 Å². The quantitative estimate of drug-likeness (QED) is 0.852. The van der Waals surface area contributed by atoms with Gasteiger partial charge in [0.15, 0.2) is 0 Å². The van der Waals surface area contributed by atoms with Crippen LogP contribution in [-0.2, 0) is 17.1 Å². The Bertz CT molecular complexity index is 677. The van der Waals surface area contributed by atoms with E-state index in [1.165, 1.54) is 0 Å². The lowest BCUT2D eigenvalue weighted by molar-refractivity contribution is 0.132. The molecule has 0 unspecified atom stereocenters. The zero-order valence-electron chi connectivity index (χ0n) is 14.1. The van der Waals surface area contributed by atoms with Crippen LogP contribution in [0.4, 0.5) is 0 Å². The minimum atomic E-state index is -3.48. The number of rotatable bonds is 3. The van der Waals surface area contributed by atoms with Crippen LogP contribution in [-0.4, -0.2) is 70.8 Å². The molecular weight excluding hydrogens is 316 g/mol. The van der Waals surface area contributed by atoms with Gasteiger partial charge in [0.05, 0.1) is 17.5 Å². The number of aryl methyl sites for hydroxylation is 2. The summed E-state index contributed by atoms with van der Waals surface area (Å²) < 4.78 is 29.1. The van der Waals surface area contributed by atoms with Gasteiger partial charge in [-0.05, 0) is 33.1 Å². The molecule has 1 N–H and O–H groups in total. The summed E-state index contributed by atoms with van der Waals surface area (Å²) in [4.78, 5) is 2.66. The normalized spacial score (nSPS) is 25.3. The zero-order valence-corrected chi connectivity index (χ0v) is 14.9. The first-order valence-corrected chi connectivity index (χ1v) is 9.67. The number of hydrogen-bond acceptors (Lipinski definition) is 5. The van der Waals surface area contributed by atoms with Crippen molar-refractivity contribution in [1.82, 2.24) is 19.0 Å². The molecular formula is C15H26N4O3S. The van der Waals surface area contributed by atoms with Crippen LogP contribution < -0.4 is 0 Å². The second kappa shape index (κ2) is 6.16. The lowest BCUT2D eigenvalue weighted by atomic mass is 10.1. The van der Waals surface area contributed by atoms with Crippen LogP contribution in [0.3, 0.4) is 0 Å². The lowest BCUT2D eigenvalue weighted by Crippen LogP contribution is -2.46. The number of aliphatic hydroxyl groups excluding tert-OH is 1. The van der Waals surface area contributed by atoms with Gasteiger partial charge < -0.3 is 5.11 Å². The molecule has 0 saturated carbocycles. The number of nitrogens with zero attached hydrogens (tertiary/aromatic N) is 4. The minimum absolute atomic E-state index is 0.225. The van der Waals surface area contributed by atoms with Crippen molar-refractivity contribution in [3.8, 4) is 0 Å². The Morgan fingerprint density at radius 3 is 2.26 bits per heavy atom. The maximum atomic E-state index is 12.9. The molecule has 2 aliphatic rings. The number of piperidine rings is 1. The van der Waals surface area contributed by atoms with E-state index in [1.54, 1.807) is 29.9 Å². The smallest absolute Gasteiger partial charge is 0.246 e. The summed E-state index contributed by atoms with van der Waals surface area (Å²) in [6.45, 7) is 6.25. The van der Waals surface area contributed by atoms with Crippen molar-refractivity contribution < 1.29 is 13.5 Å². The highest BCUT2D eigenvalue weighted by Gasteiger charge is 2.36. The van der Waals surface area contributed by atoms with E-state index < -0.39 is 10.0 Å². The number of sulfonamides is 1. The Morgan fingerprint density at radius 1 is 1.13 bits per heavy atom. The molecule has 0 amide bonds. The largest absolute Gasteiger partial charge is 0.392 e. The average molecular weight is 342 g/mol. The molecule has 1 atom stereocenters. The molecule has 0 aliphatic carbocycles. The van der Waals surface area contributed by atoms with E-state index in [2.05, 4.69) is 10.00 Å². The van der Waals surface area contributed by atoms with E-state index in [9.17, 15) is 13.5 Å². The van der Waals surface area contributed by atoms with Crippen LogP contribution in [0.15, 0.2) is 4.90 Å². The van der Waals surface area contributed by atoms with Crippen molar-refractivity contribution in [3.05, 3.63) is 11.4 Å². The average Bonchev–Trinajstić information content (AvgIpc) is 3.03. The van der Waals surface area contributed by atoms with Gasteiger partial charge in [-0.1, -0.05) is 0 Å². The van der Waals surface area contributed by atoms with Gasteiger partial charge in [-0.15, -0.1) is 0 Å². The molecule has 3 heterocycles. The third-order valence-electron chi connectivity index (χ3n) is 5.18. The van der Waals surface area contributed by atoms with Gasteiger partial charge >= 0.3 is 0 Å². The fourth-order valence-electron chi connectivity index (χ4n) is 3.80. The number of aromatic nitrogens is 2. The molecule has 1 aromatic heterocycles. The molecule has 0 bridgehead atoms. The Hall–Kier alpha value is -0.960. The van der Waals surface area contributed by atoms with Crippen LogP contribution in [0.2, 0.25) is 0 Å². The monoisotopic (exact) mass is 342 g/mol. The van der Waals surface area contributed by atoms with Crippen LogP contribution in [0.25, 0.3) is 0 Å². The highest BCUT2D eigenvalue weighted by Crippen LogP contribution is 2.28. The van der Waals surface area contributed by atoms with E-state index >= 15 is 0 Å². The van der Waals surface area contributed by atoms with Crippen molar-refractivity contribution in [1.29, 1.82) is 0 Å². The highest BCUT2D eigenvalue weighted by atomic mass is 32.2. The molecule has 7 nitrogen and oxygen atoms in total. The summed E-state index contributed by atoms with van der Waals surface area (Å²) in [6.07, 6.45) is 2.25. The fourth-order valence-corrected chi connectivity index (χ4v) is 5.67. The Labute approximate surface area is 137 Å². The molecule has 130 valence electrons. The van der Waals surface area contributed by atoms with Crippen LogP contribution in [0.1, 0.15) is 30.7 Å². The summed E-state index contributed by atoms with van der Waals surface area (Å²) in [5.74, 6) is 0. The van der Waals surface area contributed by atoms with Crippen molar-refractivity contribution in [2.45, 2.75) is 50.2 Å². The summed E-state index contributed by atoms with van der Waals surface area (Å²) in [6, 6.07) is 0.384. The van der Waals surface area contributed by atoms with Crippen LogP contribution in [0.5, 0.6) is 0 Å². The first kappa shape index (κ1) is 16.9. The molecule has 0 aromatic carbocycles. The van der Waals surface area contributed by atoms with Gasteiger partial charge in [-0.25, -0.2) is 8.42 Å². The summed E-state index contributed by atoms with van der Waals surface area (Å²) in [7, 11) is -1.71. The summed E-state index contributed by atoms with van der Waals surface area (Å²) in [5.41, 5.74) is 1.25. The molecule has 1 aromatic rings. The third-order valence-corrected chi connectivity index (χ3v) is 7.33. The van der Waals surface area contributed by atoms with E-state index in [1.807, 2.05) is 0 Å². The predicted molar refractivity (Wildman–Crippen MR) is 86.7 cm³/mol. The molecule has 3 rings (SSSR count). The number of β-amino-alcohol motifs (C(OH)–C–C–N with tert-alkyl or cyclic N) is 1. The van der Waals surface area contributed by atoms with Crippen LogP contribution >= 0.6 is 0 Å². The van der Waals surface area contributed by atoms with Gasteiger partial charge in [0.25, 0.3) is 0 Å². The SMILES string of the molecule is Cc1nn(C)c(C)c1S(=O)(=O)N1CCC(N2CC[C@@H](O)C2)CC1. The van der Waals surface area contributed by atoms with Gasteiger partial charge in [0, 0.05) is 39.3 Å².